The molecule has 3 nitrogen and oxygen atoms in total. The highest BCUT2D eigenvalue weighted by atomic mass is 16.5. The van der Waals surface area contributed by atoms with Gasteiger partial charge in [0.05, 0.1) is 6.10 Å². The molecule has 0 heterocycles. The first-order valence-corrected chi connectivity index (χ1v) is 7.11. The van der Waals surface area contributed by atoms with Gasteiger partial charge in [-0.05, 0) is 63.9 Å². The monoisotopic (exact) mass is 265 g/mol. The minimum atomic E-state index is 0.327. The molecule has 0 radical (unpaired) electrons. The van der Waals surface area contributed by atoms with Gasteiger partial charge in [0.1, 0.15) is 12.4 Å². The Morgan fingerprint density at radius 1 is 1.00 bits per heavy atom. The zero-order valence-electron chi connectivity index (χ0n) is 12.7. The third-order valence-corrected chi connectivity index (χ3v) is 2.69. The van der Waals surface area contributed by atoms with E-state index in [1.54, 1.807) is 0 Å². The minimum absolute atomic E-state index is 0.327. The maximum absolute atomic E-state index is 5.72. The molecule has 0 aliphatic carbocycles. The van der Waals surface area contributed by atoms with Gasteiger partial charge >= 0.3 is 0 Å². The molecule has 0 aliphatic heterocycles. The van der Waals surface area contributed by atoms with Gasteiger partial charge in [-0.3, -0.25) is 0 Å². The third-order valence-electron chi connectivity index (χ3n) is 2.69. The zero-order valence-corrected chi connectivity index (χ0v) is 12.7. The Bertz CT molecular complexity index is 344. The zero-order chi connectivity index (χ0) is 14.1. The van der Waals surface area contributed by atoms with Crippen molar-refractivity contribution in [2.45, 2.75) is 40.2 Å². The summed E-state index contributed by atoms with van der Waals surface area (Å²) in [6.07, 6.45) is 1.37. The lowest BCUT2D eigenvalue weighted by Gasteiger charge is -2.10. The summed E-state index contributed by atoms with van der Waals surface area (Å²) >= 11 is 0. The van der Waals surface area contributed by atoms with E-state index in [4.69, 9.17) is 9.47 Å². The summed E-state index contributed by atoms with van der Waals surface area (Å²) in [4.78, 5) is 0. The fourth-order valence-electron chi connectivity index (χ4n) is 1.90. The van der Waals surface area contributed by atoms with Gasteiger partial charge < -0.3 is 14.8 Å². The smallest absolute Gasteiger partial charge is 0.119 e. The second-order valence-corrected chi connectivity index (χ2v) is 5.19. The van der Waals surface area contributed by atoms with Crippen LogP contribution in [-0.2, 0) is 4.74 Å². The second kappa shape index (κ2) is 8.94. The molecule has 0 aromatic heterocycles. The fraction of sp³-hybridized carbons (Fsp3) is 0.625. The van der Waals surface area contributed by atoms with Crippen molar-refractivity contribution < 1.29 is 9.47 Å². The van der Waals surface area contributed by atoms with E-state index in [9.17, 15) is 0 Å². The molecule has 0 saturated carbocycles. The van der Waals surface area contributed by atoms with E-state index in [1.165, 1.54) is 11.1 Å². The molecule has 1 aromatic rings. The molecule has 0 atom stereocenters. The molecule has 0 amide bonds. The molecule has 1 N–H and O–H groups in total. The number of ether oxygens (including phenoxy) is 2. The number of hydrogen-bond acceptors (Lipinski definition) is 3. The Morgan fingerprint density at radius 3 is 2.32 bits per heavy atom. The van der Waals surface area contributed by atoms with Crippen molar-refractivity contribution in [2.24, 2.45) is 0 Å². The van der Waals surface area contributed by atoms with Gasteiger partial charge in [0.25, 0.3) is 0 Å². The molecule has 0 spiro atoms. The number of hydrogen-bond donors (Lipinski definition) is 1. The van der Waals surface area contributed by atoms with Crippen LogP contribution < -0.4 is 10.1 Å². The van der Waals surface area contributed by atoms with E-state index in [-0.39, 0.29) is 0 Å². The van der Waals surface area contributed by atoms with Crippen molar-refractivity contribution in [2.75, 3.05) is 26.3 Å². The van der Waals surface area contributed by atoms with E-state index in [0.717, 1.165) is 31.9 Å². The maximum Gasteiger partial charge on any atom is 0.119 e. The molecule has 1 rings (SSSR count). The van der Waals surface area contributed by atoms with Crippen LogP contribution in [0.1, 0.15) is 31.4 Å². The molecular formula is C16H27NO2. The standard InChI is InChI=1S/C16H27NO2/c1-13(2)18-8-5-6-17-7-9-19-16-11-14(3)10-15(4)12-16/h10-13,17H,5-9H2,1-4H3. The van der Waals surface area contributed by atoms with Crippen molar-refractivity contribution in [1.82, 2.24) is 5.32 Å². The van der Waals surface area contributed by atoms with Gasteiger partial charge in [-0.1, -0.05) is 6.07 Å². The highest BCUT2D eigenvalue weighted by molar-refractivity contribution is 5.32. The lowest BCUT2D eigenvalue weighted by Crippen LogP contribution is -2.23. The topological polar surface area (TPSA) is 30.5 Å². The molecule has 0 bridgehead atoms. The normalized spacial score (nSPS) is 11.0. The molecular weight excluding hydrogens is 238 g/mol. The van der Waals surface area contributed by atoms with Crippen LogP contribution in [0.3, 0.4) is 0 Å². The Labute approximate surface area is 117 Å². The molecule has 108 valence electrons. The number of benzene rings is 1. The van der Waals surface area contributed by atoms with E-state index in [1.807, 2.05) is 0 Å². The molecule has 0 unspecified atom stereocenters. The van der Waals surface area contributed by atoms with Crippen molar-refractivity contribution in [3.63, 3.8) is 0 Å². The van der Waals surface area contributed by atoms with E-state index in [2.05, 4.69) is 51.2 Å². The van der Waals surface area contributed by atoms with Crippen LogP contribution in [0, 0.1) is 13.8 Å². The van der Waals surface area contributed by atoms with Crippen LogP contribution in [0.25, 0.3) is 0 Å². The number of aryl methyl sites for hydroxylation is 2. The molecule has 0 aliphatic rings. The highest BCUT2D eigenvalue weighted by Crippen LogP contribution is 2.15. The maximum atomic E-state index is 5.72. The predicted molar refractivity (Wildman–Crippen MR) is 80.0 cm³/mol. The van der Waals surface area contributed by atoms with Crippen molar-refractivity contribution >= 4 is 0 Å². The van der Waals surface area contributed by atoms with Crippen LogP contribution in [0.5, 0.6) is 5.75 Å². The predicted octanol–water partition coefficient (Wildman–Crippen LogP) is 3.09. The van der Waals surface area contributed by atoms with Crippen LogP contribution in [0.4, 0.5) is 0 Å². The van der Waals surface area contributed by atoms with Gasteiger partial charge in [0, 0.05) is 13.2 Å². The number of nitrogens with one attached hydrogen (secondary N) is 1. The van der Waals surface area contributed by atoms with Gasteiger partial charge in [0.2, 0.25) is 0 Å². The summed E-state index contributed by atoms with van der Waals surface area (Å²) in [6, 6.07) is 6.30. The van der Waals surface area contributed by atoms with Crippen molar-refractivity contribution in [3.05, 3.63) is 29.3 Å². The highest BCUT2D eigenvalue weighted by Gasteiger charge is 1.97. The minimum Gasteiger partial charge on any atom is -0.492 e. The molecule has 3 heteroatoms. The van der Waals surface area contributed by atoms with E-state index in [0.29, 0.717) is 12.7 Å². The summed E-state index contributed by atoms with van der Waals surface area (Å²) in [7, 11) is 0. The number of rotatable bonds is 9. The van der Waals surface area contributed by atoms with E-state index < -0.39 is 0 Å². The fourth-order valence-corrected chi connectivity index (χ4v) is 1.90. The van der Waals surface area contributed by atoms with Gasteiger partial charge in [0.15, 0.2) is 0 Å². The quantitative estimate of drug-likeness (QED) is 0.696. The average molecular weight is 265 g/mol. The first kappa shape index (κ1) is 16.0. The average Bonchev–Trinajstić information content (AvgIpc) is 2.31. The Kier molecular flexibility index (Phi) is 7.53. The Hall–Kier alpha value is -1.06. The van der Waals surface area contributed by atoms with Crippen LogP contribution >= 0.6 is 0 Å². The van der Waals surface area contributed by atoms with Gasteiger partial charge in [-0.25, -0.2) is 0 Å². The summed E-state index contributed by atoms with van der Waals surface area (Å²) in [5.74, 6) is 0.961. The lowest BCUT2D eigenvalue weighted by molar-refractivity contribution is 0.0770. The van der Waals surface area contributed by atoms with Crippen LogP contribution in [0.2, 0.25) is 0 Å². The molecule has 0 saturated heterocycles. The third kappa shape index (κ3) is 7.85. The van der Waals surface area contributed by atoms with Crippen molar-refractivity contribution in [1.29, 1.82) is 0 Å². The summed E-state index contributed by atoms with van der Waals surface area (Å²) < 4.78 is 11.2. The molecule has 0 fully saturated rings. The Balaban J connectivity index is 2.04. The first-order valence-electron chi connectivity index (χ1n) is 7.11. The Morgan fingerprint density at radius 2 is 1.68 bits per heavy atom. The van der Waals surface area contributed by atoms with Gasteiger partial charge in [-0.15, -0.1) is 0 Å². The van der Waals surface area contributed by atoms with Crippen LogP contribution in [0.15, 0.2) is 18.2 Å². The molecule has 1 aromatic carbocycles. The van der Waals surface area contributed by atoms with Gasteiger partial charge in [-0.2, -0.15) is 0 Å². The van der Waals surface area contributed by atoms with Crippen molar-refractivity contribution in [3.8, 4) is 5.75 Å². The van der Waals surface area contributed by atoms with E-state index >= 15 is 0 Å². The SMILES string of the molecule is Cc1cc(C)cc(OCCNCCCOC(C)C)c1. The van der Waals surface area contributed by atoms with Crippen LogP contribution in [-0.4, -0.2) is 32.4 Å². The summed E-state index contributed by atoms with van der Waals surface area (Å²) in [5.41, 5.74) is 2.49. The molecule has 19 heavy (non-hydrogen) atoms. The first-order chi connectivity index (χ1) is 9.08. The summed E-state index contributed by atoms with van der Waals surface area (Å²) in [5, 5.41) is 3.35. The lowest BCUT2D eigenvalue weighted by atomic mass is 10.1. The summed E-state index contributed by atoms with van der Waals surface area (Å²) in [6.45, 7) is 11.7. The largest absolute Gasteiger partial charge is 0.492 e. The second-order valence-electron chi connectivity index (χ2n) is 5.19.